The monoisotopic (exact) mass is 423 g/mol. The molecule has 4 rings (SSSR count). The van der Waals surface area contributed by atoms with Gasteiger partial charge in [0.05, 0.1) is 23.6 Å². The van der Waals surface area contributed by atoms with Crippen molar-refractivity contribution in [2.45, 2.75) is 6.54 Å². The van der Waals surface area contributed by atoms with Crippen LogP contribution in [0.2, 0.25) is 10.0 Å². The molecule has 0 unspecified atom stereocenters. The van der Waals surface area contributed by atoms with Gasteiger partial charge in [-0.2, -0.15) is 0 Å². The van der Waals surface area contributed by atoms with Gasteiger partial charge in [0.25, 0.3) is 0 Å². The molecular weight excluding hydrogens is 405 g/mol. The molecule has 2 heterocycles. The van der Waals surface area contributed by atoms with E-state index in [1.165, 1.54) is 0 Å². The van der Waals surface area contributed by atoms with Crippen molar-refractivity contribution in [1.82, 2.24) is 14.4 Å². The van der Waals surface area contributed by atoms with Gasteiger partial charge < -0.3 is 10.7 Å². The summed E-state index contributed by atoms with van der Waals surface area (Å²) in [6.07, 6.45) is 3.64. The van der Waals surface area contributed by atoms with E-state index in [1.54, 1.807) is 11.2 Å². The quantitative estimate of drug-likeness (QED) is 0.352. The predicted molar refractivity (Wildman–Crippen MR) is 119 cm³/mol. The van der Waals surface area contributed by atoms with Gasteiger partial charge in [0.2, 0.25) is 0 Å². The molecule has 7 heteroatoms. The highest BCUT2D eigenvalue weighted by Gasteiger charge is 2.16. The number of benzene rings is 2. The van der Waals surface area contributed by atoms with E-state index in [-0.39, 0.29) is 0 Å². The van der Waals surface area contributed by atoms with Crippen LogP contribution in [0, 0.1) is 0 Å². The first-order chi connectivity index (χ1) is 14.0. The summed E-state index contributed by atoms with van der Waals surface area (Å²) in [4.78, 5) is 4.76. The number of imidazole rings is 1. The zero-order chi connectivity index (χ0) is 20.4. The number of hydrogen-bond donors (Lipinski definition) is 2. The lowest BCUT2D eigenvalue weighted by atomic mass is 10.1. The molecule has 2 aromatic heterocycles. The maximum atomic E-state index is 6.48. The molecular formula is C22H19Cl2N5. The lowest BCUT2D eigenvalue weighted by Gasteiger charge is -2.16. The fraction of sp³-hybridized carbons (Fsp3) is 0.0455. The third kappa shape index (κ3) is 4.22. The Morgan fingerprint density at radius 3 is 2.31 bits per heavy atom. The van der Waals surface area contributed by atoms with Crippen molar-refractivity contribution in [3.05, 3.63) is 100 Å². The Bertz CT molecular complexity index is 1160. The first kappa shape index (κ1) is 19.3. The largest absolute Gasteiger partial charge is 0.396 e. The number of nitrogens with zero attached hydrogens (tertiary/aromatic N) is 3. The Balaban J connectivity index is 1.73. The summed E-state index contributed by atoms with van der Waals surface area (Å²) in [5.74, 6) is 6.20. The Morgan fingerprint density at radius 2 is 1.62 bits per heavy atom. The normalized spacial score (nSPS) is 11.8. The van der Waals surface area contributed by atoms with E-state index in [0.29, 0.717) is 22.3 Å². The molecule has 0 saturated carbocycles. The molecule has 0 atom stereocenters. The number of hydrogen-bond acceptors (Lipinski definition) is 4. The summed E-state index contributed by atoms with van der Waals surface area (Å²) in [5, 5.41) is 2.90. The molecule has 29 heavy (non-hydrogen) atoms. The summed E-state index contributed by atoms with van der Waals surface area (Å²) < 4.78 is 1.95. The maximum absolute atomic E-state index is 6.48. The van der Waals surface area contributed by atoms with Crippen LogP contribution in [0.25, 0.3) is 22.6 Å². The van der Waals surface area contributed by atoms with Crippen molar-refractivity contribution in [3.63, 3.8) is 0 Å². The molecule has 0 spiro atoms. The summed E-state index contributed by atoms with van der Waals surface area (Å²) in [5.41, 5.74) is 11.3. The highest BCUT2D eigenvalue weighted by Crippen LogP contribution is 2.29. The lowest BCUT2D eigenvalue weighted by molar-refractivity contribution is 0.388. The van der Waals surface area contributed by atoms with Gasteiger partial charge in [-0.15, -0.1) is 0 Å². The minimum absolute atomic E-state index is 0.491. The zero-order valence-electron chi connectivity index (χ0n) is 15.5. The van der Waals surface area contributed by atoms with Gasteiger partial charge in [0, 0.05) is 28.0 Å². The predicted octanol–water partition coefficient (Wildman–Crippen LogP) is 4.94. The van der Waals surface area contributed by atoms with E-state index in [0.717, 1.165) is 28.2 Å². The van der Waals surface area contributed by atoms with Crippen LogP contribution in [-0.2, 0) is 6.54 Å². The van der Waals surface area contributed by atoms with Crippen molar-refractivity contribution in [1.29, 1.82) is 0 Å². The van der Waals surface area contributed by atoms with Crippen molar-refractivity contribution in [3.8, 4) is 11.3 Å². The highest BCUT2D eigenvalue weighted by molar-refractivity contribution is 6.30. The number of pyridine rings is 1. The van der Waals surface area contributed by atoms with E-state index < -0.39 is 0 Å². The maximum Gasteiger partial charge on any atom is 0.137 e. The van der Waals surface area contributed by atoms with Crippen LogP contribution < -0.4 is 11.6 Å². The first-order valence-corrected chi connectivity index (χ1v) is 9.73. The summed E-state index contributed by atoms with van der Waals surface area (Å²) >= 11 is 12.0. The lowest BCUT2D eigenvalue weighted by Crippen LogP contribution is -2.26. The smallest absolute Gasteiger partial charge is 0.137 e. The number of fused-ring (bicyclic) bond motifs is 1. The van der Waals surface area contributed by atoms with E-state index in [4.69, 9.17) is 39.8 Å². The molecule has 0 aliphatic rings. The molecule has 0 fully saturated rings. The van der Waals surface area contributed by atoms with Gasteiger partial charge in [-0.1, -0.05) is 53.5 Å². The Hall–Kier alpha value is -2.99. The average molecular weight is 424 g/mol. The second kappa shape index (κ2) is 8.17. The van der Waals surface area contributed by atoms with E-state index in [9.17, 15) is 0 Å². The number of aromatic nitrogens is 2. The molecule has 0 aliphatic carbocycles. The molecule has 0 amide bonds. The fourth-order valence-electron chi connectivity index (χ4n) is 3.17. The minimum Gasteiger partial charge on any atom is -0.396 e. The van der Waals surface area contributed by atoms with Gasteiger partial charge in [0.1, 0.15) is 5.65 Å². The van der Waals surface area contributed by atoms with E-state index >= 15 is 0 Å². The molecule has 4 aromatic rings. The third-order valence-corrected chi connectivity index (χ3v) is 5.01. The zero-order valence-corrected chi connectivity index (χ0v) is 17.0. The minimum atomic E-state index is 0.491. The molecule has 146 valence electrons. The molecule has 2 aromatic carbocycles. The van der Waals surface area contributed by atoms with Crippen LogP contribution >= 0.6 is 23.2 Å². The number of rotatable bonds is 5. The standard InChI is InChI=1S/C22H19Cl2N5/c23-17-8-4-15(5-9-17)13-28(26)14-19(25)22-21(16-6-10-18(24)11-7-16)27-20-3-1-2-12-29(20)22/h1-12,14H,13,25-26H2/b19-14-. The van der Waals surface area contributed by atoms with Crippen molar-refractivity contribution in [2.75, 3.05) is 0 Å². The van der Waals surface area contributed by atoms with Gasteiger partial charge >= 0.3 is 0 Å². The second-order valence-corrected chi connectivity index (χ2v) is 7.50. The third-order valence-electron chi connectivity index (χ3n) is 4.50. The van der Waals surface area contributed by atoms with Crippen molar-refractivity contribution < 1.29 is 0 Å². The molecule has 0 aliphatic heterocycles. The van der Waals surface area contributed by atoms with Crippen LogP contribution in [0.4, 0.5) is 0 Å². The van der Waals surface area contributed by atoms with Crippen molar-refractivity contribution >= 4 is 34.5 Å². The van der Waals surface area contributed by atoms with Gasteiger partial charge in [0.15, 0.2) is 0 Å². The van der Waals surface area contributed by atoms with Crippen molar-refractivity contribution in [2.24, 2.45) is 11.6 Å². The second-order valence-electron chi connectivity index (χ2n) is 6.63. The Labute approximate surface area is 178 Å². The van der Waals surface area contributed by atoms with Gasteiger partial charge in [-0.05, 0) is 42.0 Å². The van der Waals surface area contributed by atoms with Crippen LogP contribution in [0.15, 0.2) is 79.1 Å². The highest BCUT2D eigenvalue weighted by atomic mass is 35.5. The first-order valence-electron chi connectivity index (χ1n) is 8.98. The van der Waals surface area contributed by atoms with Crippen LogP contribution in [0.5, 0.6) is 0 Å². The van der Waals surface area contributed by atoms with Gasteiger partial charge in [-0.25, -0.2) is 10.8 Å². The van der Waals surface area contributed by atoms with Crippen LogP contribution in [0.1, 0.15) is 11.3 Å². The fourth-order valence-corrected chi connectivity index (χ4v) is 3.42. The summed E-state index contributed by atoms with van der Waals surface area (Å²) in [6, 6.07) is 20.9. The number of halogens is 2. The number of nitrogens with two attached hydrogens (primary N) is 2. The van der Waals surface area contributed by atoms with Crippen LogP contribution in [-0.4, -0.2) is 14.4 Å². The van der Waals surface area contributed by atoms with E-state index in [1.807, 2.05) is 77.3 Å². The molecule has 4 N–H and O–H groups in total. The summed E-state index contributed by atoms with van der Waals surface area (Å²) in [7, 11) is 0. The number of hydrazine groups is 1. The van der Waals surface area contributed by atoms with Gasteiger partial charge in [-0.3, -0.25) is 4.40 Å². The summed E-state index contributed by atoms with van der Waals surface area (Å²) in [6.45, 7) is 0.491. The molecule has 0 saturated heterocycles. The average Bonchev–Trinajstić information content (AvgIpc) is 3.10. The Kier molecular flexibility index (Phi) is 5.45. The molecule has 5 nitrogen and oxygen atoms in total. The topological polar surface area (TPSA) is 72.6 Å². The van der Waals surface area contributed by atoms with Crippen LogP contribution in [0.3, 0.4) is 0 Å². The Morgan fingerprint density at radius 1 is 0.966 bits per heavy atom. The molecule has 0 bridgehead atoms. The van der Waals surface area contributed by atoms with E-state index in [2.05, 4.69) is 0 Å². The SMILES string of the molecule is N/C(=C\N(N)Cc1ccc(Cl)cc1)c1c(-c2ccc(Cl)cc2)nc2ccccn12. The molecule has 0 radical (unpaired) electrons.